The Morgan fingerprint density at radius 3 is 2.67 bits per heavy atom. The number of aryl methyl sites for hydroxylation is 1. The van der Waals surface area contributed by atoms with Gasteiger partial charge in [0.2, 0.25) is 5.91 Å². The molecule has 0 aliphatic heterocycles. The molecule has 100 valence electrons. The smallest absolute Gasteiger partial charge is 0.321 e. The number of nitrogens with zero attached hydrogens (tertiary/aromatic N) is 1. The molecule has 3 amide bonds. The number of hydrogen-bond donors (Lipinski definition) is 3. The monoisotopic (exact) mass is 288 g/mol. The van der Waals surface area contributed by atoms with Crippen molar-refractivity contribution in [3.05, 3.63) is 5.69 Å². The summed E-state index contributed by atoms with van der Waals surface area (Å²) in [6.07, 6.45) is 0. The van der Waals surface area contributed by atoms with Gasteiger partial charge in [-0.2, -0.15) is 0 Å². The molecular weight excluding hydrogens is 272 g/mol. The van der Waals surface area contributed by atoms with E-state index in [1.807, 2.05) is 20.8 Å². The van der Waals surface area contributed by atoms with Crippen molar-refractivity contribution < 1.29 is 9.59 Å². The molecule has 0 saturated heterocycles. The lowest BCUT2D eigenvalue weighted by atomic mass is 10.4. The number of amides is 3. The SMILES string of the molecule is Cc1nc(N)sc1SCC(=O)NC(=O)NC(C)C. The third-order valence-electron chi connectivity index (χ3n) is 1.78. The van der Waals surface area contributed by atoms with Crippen LogP contribution < -0.4 is 16.4 Å². The van der Waals surface area contributed by atoms with Gasteiger partial charge in [-0.25, -0.2) is 9.78 Å². The molecule has 0 saturated carbocycles. The first-order valence-electron chi connectivity index (χ1n) is 5.34. The highest BCUT2D eigenvalue weighted by atomic mass is 32.2. The molecule has 0 aromatic carbocycles. The maximum absolute atomic E-state index is 11.5. The Morgan fingerprint density at radius 1 is 1.50 bits per heavy atom. The minimum atomic E-state index is -0.476. The summed E-state index contributed by atoms with van der Waals surface area (Å²) in [4.78, 5) is 26.8. The molecule has 0 radical (unpaired) electrons. The molecule has 1 aromatic rings. The molecule has 1 aromatic heterocycles. The predicted octanol–water partition coefficient (Wildman–Crippen LogP) is 1.36. The van der Waals surface area contributed by atoms with Gasteiger partial charge in [0.1, 0.15) is 0 Å². The van der Waals surface area contributed by atoms with E-state index >= 15 is 0 Å². The Balaban J connectivity index is 2.37. The molecular formula is C10H16N4O2S2. The van der Waals surface area contributed by atoms with E-state index in [-0.39, 0.29) is 17.7 Å². The van der Waals surface area contributed by atoms with Gasteiger partial charge in [-0.3, -0.25) is 10.1 Å². The number of nitrogens with one attached hydrogen (secondary N) is 2. The zero-order valence-corrected chi connectivity index (χ0v) is 12.1. The predicted molar refractivity (Wildman–Crippen MR) is 73.8 cm³/mol. The third kappa shape index (κ3) is 4.92. The molecule has 18 heavy (non-hydrogen) atoms. The number of thioether (sulfide) groups is 1. The van der Waals surface area contributed by atoms with E-state index in [4.69, 9.17) is 5.73 Å². The zero-order valence-electron chi connectivity index (χ0n) is 10.4. The van der Waals surface area contributed by atoms with Gasteiger partial charge < -0.3 is 11.1 Å². The van der Waals surface area contributed by atoms with Crippen molar-refractivity contribution in [2.24, 2.45) is 0 Å². The number of thiazole rings is 1. The molecule has 0 atom stereocenters. The largest absolute Gasteiger partial charge is 0.375 e. The first-order chi connectivity index (χ1) is 8.38. The van der Waals surface area contributed by atoms with Gasteiger partial charge in [0.15, 0.2) is 5.13 Å². The van der Waals surface area contributed by atoms with Gasteiger partial charge in [-0.05, 0) is 20.8 Å². The number of urea groups is 1. The number of anilines is 1. The maximum Gasteiger partial charge on any atom is 0.321 e. The summed E-state index contributed by atoms with van der Waals surface area (Å²) in [5, 5.41) is 5.31. The lowest BCUT2D eigenvalue weighted by molar-refractivity contribution is -0.117. The van der Waals surface area contributed by atoms with Crippen LogP contribution >= 0.6 is 23.1 Å². The number of hydrogen-bond acceptors (Lipinski definition) is 6. The Morgan fingerprint density at radius 2 is 2.17 bits per heavy atom. The number of nitrogens with two attached hydrogens (primary N) is 1. The van der Waals surface area contributed by atoms with Crippen LogP contribution in [-0.2, 0) is 4.79 Å². The van der Waals surface area contributed by atoms with E-state index in [9.17, 15) is 9.59 Å². The normalized spacial score (nSPS) is 10.4. The lowest BCUT2D eigenvalue weighted by Gasteiger charge is -2.08. The Kier molecular flexibility index (Phi) is 5.42. The highest BCUT2D eigenvalue weighted by molar-refractivity contribution is 8.01. The Hall–Kier alpha value is -1.28. The number of carbonyl (C=O) groups excluding carboxylic acids is 2. The van der Waals surface area contributed by atoms with Gasteiger partial charge in [0.25, 0.3) is 0 Å². The topological polar surface area (TPSA) is 97.1 Å². The molecule has 0 spiro atoms. The molecule has 4 N–H and O–H groups in total. The van der Waals surface area contributed by atoms with E-state index in [0.717, 1.165) is 9.90 Å². The van der Waals surface area contributed by atoms with E-state index in [2.05, 4.69) is 15.6 Å². The Bertz CT molecular complexity index is 445. The minimum Gasteiger partial charge on any atom is -0.375 e. The second-order valence-electron chi connectivity index (χ2n) is 3.89. The highest BCUT2D eigenvalue weighted by Crippen LogP contribution is 2.30. The van der Waals surface area contributed by atoms with Crippen LogP contribution in [0.2, 0.25) is 0 Å². The van der Waals surface area contributed by atoms with E-state index in [0.29, 0.717) is 5.13 Å². The van der Waals surface area contributed by atoms with Crippen molar-refractivity contribution in [2.45, 2.75) is 31.0 Å². The fraction of sp³-hybridized carbons (Fsp3) is 0.500. The average molecular weight is 288 g/mol. The van der Waals surface area contributed by atoms with Crippen LogP contribution in [0, 0.1) is 6.92 Å². The van der Waals surface area contributed by atoms with Crippen LogP contribution in [-0.4, -0.2) is 28.7 Å². The van der Waals surface area contributed by atoms with Crippen molar-refractivity contribution in [3.8, 4) is 0 Å². The number of imide groups is 1. The van der Waals surface area contributed by atoms with Gasteiger partial charge in [-0.1, -0.05) is 11.3 Å². The molecule has 0 aliphatic rings. The van der Waals surface area contributed by atoms with E-state index in [1.165, 1.54) is 23.1 Å². The van der Waals surface area contributed by atoms with Crippen molar-refractivity contribution >= 4 is 40.2 Å². The number of aromatic nitrogens is 1. The van der Waals surface area contributed by atoms with E-state index in [1.54, 1.807) is 0 Å². The van der Waals surface area contributed by atoms with Crippen molar-refractivity contribution in [1.29, 1.82) is 0 Å². The molecule has 0 aliphatic carbocycles. The summed E-state index contributed by atoms with van der Waals surface area (Å²) in [5.41, 5.74) is 6.36. The number of rotatable bonds is 4. The van der Waals surface area contributed by atoms with Crippen LogP contribution in [0.3, 0.4) is 0 Å². The van der Waals surface area contributed by atoms with Gasteiger partial charge in [-0.15, -0.1) is 11.8 Å². The highest BCUT2D eigenvalue weighted by Gasteiger charge is 2.11. The molecule has 0 bridgehead atoms. The Labute approximate surface area is 114 Å². The quantitative estimate of drug-likeness (QED) is 0.727. The van der Waals surface area contributed by atoms with Gasteiger partial charge in [0.05, 0.1) is 15.7 Å². The van der Waals surface area contributed by atoms with Crippen LogP contribution in [0.1, 0.15) is 19.5 Å². The second kappa shape index (κ2) is 6.60. The summed E-state index contributed by atoms with van der Waals surface area (Å²) in [6.45, 7) is 5.48. The zero-order chi connectivity index (χ0) is 13.7. The van der Waals surface area contributed by atoms with Crippen LogP contribution in [0.4, 0.5) is 9.93 Å². The lowest BCUT2D eigenvalue weighted by Crippen LogP contribution is -2.43. The van der Waals surface area contributed by atoms with Crippen molar-refractivity contribution in [1.82, 2.24) is 15.6 Å². The summed E-state index contributed by atoms with van der Waals surface area (Å²) < 4.78 is 0.895. The summed E-state index contributed by atoms with van der Waals surface area (Å²) in [6, 6.07) is -0.481. The third-order valence-corrected chi connectivity index (χ3v) is 4.13. The standard InChI is InChI=1S/C10H16N4O2S2/c1-5(2)12-10(16)14-7(15)4-17-8-6(3)13-9(11)18-8/h5H,4H2,1-3H3,(H2,11,13)(H2,12,14,15,16). The summed E-state index contributed by atoms with van der Waals surface area (Å²) in [7, 11) is 0. The molecule has 0 fully saturated rings. The maximum atomic E-state index is 11.5. The average Bonchev–Trinajstić information content (AvgIpc) is 2.53. The van der Waals surface area contributed by atoms with Crippen LogP contribution in [0.15, 0.2) is 4.21 Å². The first-order valence-corrected chi connectivity index (χ1v) is 7.14. The van der Waals surface area contributed by atoms with Gasteiger partial charge >= 0.3 is 6.03 Å². The molecule has 1 rings (SSSR count). The first kappa shape index (κ1) is 14.8. The van der Waals surface area contributed by atoms with Gasteiger partial charge in [0, 0.05) is 6.04 Å². The molecule has 0 unspecified atom stereocenters. The number of carbonyl (C=O) groups is 2. The van der Waals surface area contributed by atoms with Crippen LogP contribution in [0.25, 0.3) is 0 Å². The second-order valence-corrected chi connectivity index (χ2v) is 6.16. The summed E-state index contributed by atoms with van der Waals surface area (Å²) in [5.74, 6) is -0.182. The van der Waals surface area contributed by atoms with Crippen molar-refractivity contribution in [2.75, 3.05) is 11.5 Å². The molecule has 1 heterocycles. The molecule has 8 heteroatoms. The minimum absolute atomic E-state index is 0.00556. The molecule has 6 nitrogen and oxygen atoms in total. The fourth-order valence-corrected chi connectivity index (χ4v) is 2.95. The summed E-state index contributed by atoms with van der Waals surface area (Å²) >= 11 is 2.66. The van der Waals surface area contributed by atoms with Crippen LogP contribution in [0.5, 0.6) is 0 Å². The fourth-order valence-electron chi connectivity index (χ4n) is 1.13. The van der Waals surface area contributed by atoms with Crippen molar-refractivity contribution in [3.63, 3.8) is 0 Å². The van der Waals surface area contributed by atoms with E-state index < -0.39 is 6.03 Å². The number of nitrogen functional groups attached to an aromatic ring is 1.